The van der Waals surface area contributed by atoms with Crippen LogP contribution in [-0.2, 0) is 0 Å². The van der Waals surface area contributed by atoms with Crippen LogP contribution in [0.1, 0.15) is 15.9 Å². The zero-order chi connectivity index (χ0) is 14.1. The van der Waals surface area contributed by atoms with Crippen LogP contribution in [0.3, 0.4) is 0 Å². The van der Waals surface area contributed by atoms with E-state index in [9.17, 15) is 4.79 Å². The van der Waals surface area contributed by atoms with Crippen LogP contribution in [0.25, 0.3) is 10.8 Å². The normalized spacial score (nSPS) is 10.7. The number of halogens is 2. The Bertz CT molecular complexity index is 811. The molecule has 0 aliphatic carbocycles. The van der Waals surface area contributed by atoms with Crippen molar-refractivity contribution >= 4 is 55.1 Å². The lowest BCUT2D eigenvalue weighted by Crippen LogP contribution is -2.04. The van der Waals surface area contributed by atoms with Gasteiger partial charge in [0.2, 0.25) is 0 Å². The number of rotatable bonds is 2. The Kier molecular flexibility index (Phi) is 3.89. The van der Waals surface area contributed by atoms with Gasteiger partial charge in [-0.1, -0.05) is 52.3 Å². The summed E-state index contributed by atoms with van der Waals surface area (Å²) in [5.41, 5.74) is 1.49. The molecule has 0 spiro atoms. The highest BCUT2D eigenvalue weighted by atomic mass is 127. The molecule has 0 bridgehead atoms. The number of ketones is 1. The summed E-state index contributed by atoms with van der Waals surface area (Å²) in [6.07, 6.45) is 0. The van der Waals surface area contributed by atoms with Gasteiger partial charge in [-0.2, -0.15) is 0 Å². The van der Waals surface area contributed by atoms with Gasteiger partial charge in [0.1, 0.15) is 0 Å². The van der Waals surface area contributed by atoms with Crippen molar-refractivity contribution in [2.24, 2.45) is 0 Å². The van der Waals surface area contributed by atoms with Gasteiger partial charge in [0.15, 0.2) is 5.78 Å². The van der Waals surface area contributed by atoms with Gasteiger partial charge in [0.05, 0.1) is 0 Å². The Labute approximate surface area is 139 Å². The third-order valence-corrected chi connectivity index (χ3v) is 4.87. The van der Waals surface area contributed by atoms with Gasteiger partial charge < -0.3 is 0 Å². The van der Waals surface area contributed by atoms with Crippen molar-refractivity contribution in [1.82, 2.24) is 0 Å². The second-order valence-corrected chi connectivity index (χ2v) is 6.47. The van der Waals surface area contributed by atoms with Crippen molar-refractivity contribution in [3.63, 3.8) is 0 Å². The van der Waals surface area contributed by atoms with E-state index in [4.69, 9.17) is 0 Å². The molecule has 0 N–H and O–H groups in total. The maximum atomic E-state index is 12.8. The summed E-state index contributed by atoms with van der Waals surface area (Å²) in [5.74, 6) is 0.0682. The van der Waals surface area contributed by atoms with E-state index in [1.54, 1.807) is 0 Å². The van der Waals surface area contributed by atoms with Crippen LogP contribution in [0.5, 0.6) is 0 Å². The Morgan fingerprint density at radius 1 is 0.800 bits per heavy atom. The van der Waals surface area contributed by atoms with E-state index in [1.807, 2.05) is 60.7 Å². The van der Waals surface area contributed by atoms with Crippen LogP contribution in [0.15, 0.2) is 65.1 Å². The minimum atomic E-state index is 0.0682. The summed E-state index contributed by atoms with van der Waals surface area (Å²) in [5, 5.41) is 2.04. The smallest absolute Gasteiger partial charge is 0.194 e. The van der Waals surface area contributed by atoms with E-state index in [1.165, 1.54) is 0 Å². The zero-order valence-corrected chi connectivity index (χ0v) is 14.2. The summed E-state index contributed by atoms with van der Waals surface area (Å²) >= 11 is 5.74. The molecule has 0 radical (unpaired) electrons. The Hall–Kier alpha value is -1.20. The number of carbonyl (C=O) groups excluding carboxylic acids is 1. The average molecular weight is 437 g/mol. The molecule has 0 unspecified atom stereocenters. The second-order valence-electron chi connectivity index (χ2n) is 4.45. The molecule has 3 aromatic rings. The fraction of sp³-hybridized carbons (Fsp3) is 0. The van der Waals surface area contributed by atoms with Crippen LogP contribution >= 0.6 is 38.5 Å². The fourth-order valence-electron chi connectivity index (χ4n) is 2.25. The lowest BCUT2D eigenvalue weighted by Gasteiger charge is -2.08. The number of hydrogen-bond acceptors (Lipinski definition) is 1. The lowest BCUT2D eigenvalue weighted by atomic mass is 9.97. The molecule has 1 nitrogen and oxygen atoms in total. The van der Waals surface area contributed by atoms with Gasteiger partial charge in [-0.25, -0.2) is 0 Å². The second kappa shape index (κ2) is 5.66. The predicted octanol–water partition coefficient (Wildman–Crippen LogP) is 5.44. The van der Waals surface area contributed by atoms with E-state index in [0.29, 0.717) is 0 Å². The van der Waals surface area contributed by atoms with Gasteiger partial charge in [0, 0.05) is 19.2 Å². The third kappa shape index (κ3) is 2.40. The first-order valence-electron chi connectivity index (χ1n) is 6.15. The third-order valence-electron chi connectivity index (χ3n) is 3.23. The molecule has 0 saturated heterocycles. The van der Waals surface area contributed by atoms with E-state index < -0.39 is 0 Å². The van der Waals surface area contributed by atoms with E-state index in [0.717, 1.165) is 29.9 Å². The molecule has 0 heterocycles. The maximum Gasteiger partial charge on any atom is 0.194 e. The molecule has 98 valence electrons. The molecule has 0 aliphatic heterocycles. The van der Waals surface area contributed by atoms with Crippen LogP contribution in [0.4, 0.5) is 0 Å². The molecule has 0 atom stereocenters. The number of benzene rings is 3. The quantitative estimate of drug-likeness (QED) is 0.386. The van der Waals surface area contributed by atoms with Gasteiger partial charge in [-0.05, 0) is 57.6 Å². The standard InChI is InChI=1S/C17H10BrIO/c18-15-10-9-13(11-5-1-2-6-12(11)15)17(20)14-7-3-4-8-16(14)19/h1-10H. The minimum absolute atomic E-state index is 0.0682. The molecule has 0 saturated carbocycles. The molecule has 0 fully saturated rings. The first-order valence-corrected chi connectivity index (χ1v) is 8.02. The highest BCUT2D eigenvalue weighted by Gasteiger charge is 2.15. The average Bonchev–Trinajstić information content (AvgIpc) is 2.48. The van der Waals surface area contributed by atoms with Crippen molar-refractivity contribution in [3.8, 4) is 0 Å². The predicted molar refractivity (Wildman–Crippen MR) is 94.2 cm³/mol. The number of fused-ring (bicyclic) bond motifs is 1. The van der Waals surface area contributed by atoms with Crippen LogP contribution in [0.2, 0.25) is 0 Å². The molecule has 3 aromatic carbocycles. The lowest BCUT2D eigenvalue weighted by molar-refractivity contribution is 0.103. The maximum absolute atomic E-state index is 12.8. The first-order chi connectivity index (χ1) is 9.68. The topological polar surface area (TPSA) is 17.1 Å². The Morgan fingerprint density at radius 3 is 2.20 bits per heavy atom. The summed E-state index contributed by atoms with van der Waals surface area (Å²) in [4.78, 5) is 12.8. The first kappa shape index (κ1) is 13.8. The molecule has 3 rings (SSSR count). The van der Waals surface area contributed by atoms with Crippen molar-refractivity contribution in [2.45, 2.75) is 0 Å². The van der Waals surface area contributed by atoms with Gasteiger partial charge >= 0.3 is 0 Å². The van der Waals surface area contributed by atoms with Gasteiger partial charge in [0.25, 0.3) is 0 Å². The van der Waals surface area contributed by atoms with Crippen LogP contribution < -0.4 is 0 Å². The van der Waals surface area contributed by atoms with Crippen molar-refractivity contribution in [3.05, 3.63) is 79.8 Å². The monoisotopic (exact) mass is 436 g/mol. The number of carbonyl (C=O) groups is 1. The molecule has 0 aromatic heterocycles. The molecule has 3 heteroatoms. The molecule has 0 amide bonds. The largest absolute Gasteiger partial charge is 0.289 e. The summed E-state index contributed by atoms with van der Waals surface area (Å²) < 4.78 is 1.98. The van der Waals surface area contributed by atoms with Crippen LogP contribution in [0, 0.1) is 3.57 Å². The van der Waals surface area contributed by atoms with Crippen molar-refractivity contribution < 1.29 is 4.79 Å². The highest BCUT2D eigenvalue weighted by molar-refractivity contribution is 14.1. The molecule has 0 aliphatic rings. The molecule has 20 heavy (non-hydrogen) atoms. The summed E-state index contributed by atoms with van der Waals surface area (Å²) in [7, 11) is 0. The Balaban J connectivity index is 2.23. The van der Waals surface area contributed by atoms with E-state index >= 15 is 0 Å². The van der Waals surface area contributed by atoms with E-state index in [2.05, 4.69) is 38.5 Å². The zero-order valence-electron chi connectivity index (χ0n) is 10.4. The molecular weight excluding hydrogens is 427 g/mol. The summed E-state index contributed by atoms with van der Waals surface area (Å²) in [6.45, 7) is 0. The van der Waals surface area contributed by atoms with Crippen LogP contribution in [-0.4, -0.2) is 5.78 Å². The summed E-state index contributed by atoms with van der Waals surface area (Å²) in [6, 6.07) is 19.4. The van der Waals surface area contributed by atoms with Gasteiger partial charge in [-0.3, -0.25) is 4.79 Å². The fourth-order valence-corrected chi connectivity index (χ4v) is 3.36. The van der Waals surface area contributed by atoms with Crippen molar-refractivity contribution in [2.75, 3.05) is 0 Å². The Morgan fingerprint density at radius 2 is 1.45 bits per heavy atom. The minimum Gasteiger partial charge on any atom is -0.289 e. The van der Waals surface area contributed by atoms with Crippen molar-refractivity contribution in [1.29, 1.82) is 0 Å². The SMILES string of the molecule is O=C(c1ccccc1I)c1ccc(Br)c2ccccc12. The number of hydrogen-bond donors (Lipinski definition) is 0. The highest BCUT2D eigenvalue weighted by Crippen LogP contribution is 2.29. The van der Waals surface area contributed by atoms with E-state index in [-0.39, 0.29) is 5.78 Å². The molecular formula is C17H10BrIO. The van der Waals surface area contributed by atoms with Gasteiger partial charge in [-0.15, -0.1) is 0 Å².